The first kappa shape index (κ1) is 14.7. The van der Waals surface area contributed by atoms with Crippen LogP contribution in [0.5, 0.6) is 0 Å². The summed E-state index contributed by atoms with van der Waals surface area (Å²) in [7, 11) is 0. The molecule has 0 saturated carbocycles. The van der Waals surface area contributed by atoms with Crippen molar-refractivity contribution in [3.05, 3.63) is 27.8 Å². The van der Waals surface area contributed by atoms with Crippen LogP contribution in [0.2, 0.25) is 0 Å². The van der Waals surface area contributed by atoms with E-state index in [-0.39, 0.29) is 6.04 Å². The Labute approximate surface area is 123 Å². The van der Waals surface area contributed by atoms with Crippen LogP contribution in [-0.4, -0.2) is 21.5 Å². The van der Waals surface area contributed by atoms with Crippen molar-refractivity contribution in [2.75, 3.05) is 17.2 Å². The maximum absolute atomic E-state index is 4.50. The van der Waals surface area contributed by atoms with Crippen molar-refractivity contribution < 1.29 is 0 Å². The molecule has 6 heteroatoms. The van der Waals surface area contributed by atoms with Crippen molar-refractivity contribution in [3.8, 4) is 0 Å². The fourth-order valence-electron chi connectivity index (χ4n) is 1.78. The van der Waals surface area contributed by atoms with E-state index in [1.807, 2.05) is 26.2 Å². The van der Waals surface area contributed by atoms with Crippen LogP contribution >= 0.6 is 11.3 Å². The molecule has 1 unspecified atom stereocenters. The minimum atomic E-state index is 0.142. The summed E-state index contributed by atoms with van der Waals surface area (Å²) in [6, 6.07) is 0.142. The molecule has 5 nitrogen and oxygen atoms in total. The SMILES string of the molecule is CCNc1ncc(C)c(NC(C)c2ncc(CC)s2)n1. The zero-order chi connectivity index (χ0) is 14.5. The molecule has 0 aliphatic carbocycles. The van der Waals surface area contributed by atoms with Gasteiger partial charge in [0.25, 0.3) is 0 Å². The summed E-state index contributed by atoms with van der Waals surface area (Å²) in [4.78, 5) is 14.5. The Kier molecular flexibility index (Phi) is 4.89. The molecule has 108 valence electrons. The molecule has 0 aliphatic heterocycles. The predicted molar refractivity (Wildman–Crippen MR) is 84.5 cm³/mol. The fourth-order valence-corrected chi connectivity index (χ4v) is 2.64. The van der Waals surface area contributed by atoms with E-state index < -0.39 is 0 Å². The molecule has 2 aromatic heterocycles. The zero-order valence-corrected chi connectivity index (χ0v) is 13.2. The second-order valence-electron chi connectivity index (χ2n) is 4.64. The average Bonchev–Trinajstić information content (AvgIpc) is 2.92. The first-order valence-electron chi connectivity index (χ1n) is 6.92. The molecule has 2 N–H and O–H groups in total. The third-order valence-electron chi connectivity index (χ3n) is 2.95. The van der Waals surface area contributed by atoms with Gasteiger partial charge in [-0.3, -0.25) is 0 Å². The Bertz CT molecular complexity index is 566. The molecular weight excluding hydrogens is 270 g/mol. The summed E-state index contributed by atoms with van der Waals surface area (Å²) in [5.41, 5.74) is 1.03. The number of nitrogens with one attached hydrogen (secondary N) is 2. The molecule has 20 heavy (non-hydrogen) atoms. The number of rotatable bonds is 6. The summed E-state index contributed by atoms with van der Waals surface area (Å²) in [5.74, 6) is 1.51. The van der Waals surface area contributed by atoms with Crippen molar-refractivity contribution in [1.82, 2.24) is 15.0 Å². The maximum atomic E-state index is 4.50. The summed E-state index contributed by atoms with van der Waals surface area (Å²) >= 11 is 1.75. The average molecular weight is 291 g/mol. The zero-order valence-electron chi connectivity index (χ0n) is 12.4. The van der Waals surface area contributed by atoms with Crippen LogP contribution in [0.3, 0.4) is 0 Å². The molecule has 2 aromatic rings. The van der Waals surface area contributed by atoms with E-state index in [9.17, 15) is 0 Å². The van der Waals surface area contributed by atoms with Gasteiger partial charge in [0.15, 0.2) is 0 Å². The Morgan fingerprint density at radius 2 is 2.05 bits per heavy atom. The lowest BCUT2D eigenvalue weighted by Crippen LogP contribution is -2.11. The van der Waals surface area contributed by atoms with Crippen LogP contribution in [0.1, 0.15) is 42.3 Å². The summed E-state index contributed by atoms with van der Waals surface area (Å²) in [5, 5.41) is 7.63. The van der Waals surface area contributed by atoms with E-state index >= 15 is 0 Å². The monoisotopic (exact) mass is 291 g/mol. The first-order chi connectivity index (χ1) is 9.63. The number of nitrogens with zero attached hydrogens (tertiary/aromatic N) is 3. The van der Waals surface area contributed by atoms with Gasteiger partial charge < -0.3 is 10.6 Å². The van der Waals surface area contributed by atoms with Crippen molar-refractivity contribution in [3.63, 3.8) is 0 Å². The molecule has 0 saturated heterocycles. The lowest BCUT2D eigenvalue weighted by atomic mass is 10.3. The Hall–Kier alpha value is -1.69. The molecule has 0 aromatic carbocycles. The molecule has 0 spiro atoms. The van der Waals surface area contributed by atoms with Gasteiger partial charge in [0.05, 0.1) is 6.04 Å². The summed E-state index contributed by atoms with van der Waals surface area (Å²) < 4.78 is 0. The van der Waals surface area contributed by atoms with E-state index in [0.717, 1.165) is 29.4 Å². The highest BCUT2D eigenvalue weighted by atomic mass is 32.1. The van der Waals surface area contributed by atoms with E-state index in [4.69, 9.17) is 0 Å². The lowest BCUT2D eigenvalue weighted by molar-refractivity contribution is 0.854. The highest BCUT2D eigenvalue weighted by Crippen LogP contribution is 2.24. The van der Waals surface area contributed by atoms with Crippen LogP contribution in [0.4, 0.5) is 11.8 Å². The third kappa shape index (κ3) is 3.45. The molecule has 1 atom stereocenters. The standard InChI is InChI=1S/C14H21N5S/c1-5-11-8-16-13(20-11)10(4)18-12-9(3)7-17-14(19-12)15-6-2/h7-8,10H,5-6H2,1-4H3,(H2,15,17,18,19). The Balaban J connectivity index is 2.13. The number of aryl methyl sites for hydroxylation is 2. The van der Waals surface area contributed by atoms with E-state index in [1.165, 1.54) is 4.88 Å². The molecule has 0 aliphatic rings. The van der Waals surface area contributed by atoms with E-state index in [2.05, 4.69) is 39.4 Å². The predicted octanol–water partition coefficient (Wildman–Crippen LogP) is 3.41. The summed E-state index contributed by atoms with van der Waals surface area (Å²) in [6.07, 6.45) is 4.82. The highest BCUT2D eigenvalue weighted by Gasteiger charge is 2.12. The number of aromatic nitrogens is 3. The van der Waals surface area contributed by atoms with Crippen LogP contribution in [0.25, 0.3) is 0 Å². The number of hydrogen-bond donors (Lipinski definition) is 2. The van der Waals surface area contributed by atoms with Gasteiger partial charge in [-0.2, -0.15) is 4.98 Å². The fraction of sp³-hybridized carbons (Fsp3) is 0.500. The van der Waals surface area contributed by atoms with Gasteiger partial charge in [-0.1, -0.05) is 6.92 Å². The van der Waals surface area contributed by atoms with E-state index in [1.54, 1.807) is 11.3 Å². The quantitative estimate of drug-likeness (QED) is 0.854. The van der Waals surface area contributed by atoms with E-state index in [0.29, 0.717) is 5.95 Å². The lowest BCUT2D eigenvalue weighted by Gasteiger charge is -2.14. The smallest absolute Gasteiger partial charge is 0.224 e. The molecule has 0 bridgehead atoms. The molecule has 0 fully saturated rings. The Morgan fingerprint density at radius 3 is 2.70 bits per heavy atom. The van der Waals surface area contributed by atoms with Crippen molar-refractivity contribution >= 4 is 23.1 Å². The topological polar surface area (TPSA) is 62.7 Å². The highest BCUT2D eigenvalue weighted by molar-refractivity contribution is 7.11. The van der Waals surface area contributed by atoms with Crippen LogP contribution in [0.15, 0.2) is 12.4 Å². The van der Waals surface area contributed by atoms with Gasteiger partial charge in [0.2, 0.25) is 5.95 Å². The molecule has 2 rings (SSSR count). The minimum absolute atomic E-state index is 0.142. The molecular formula is C14H21N5S. The van der Waals surface area contributed by atoms with Gasteiger partial charge >= 0.3 is 0 Å². The molecule has 0 radical (unpaired) electrons. The van der Waals surface area contributed by atoms with Crippen LogP contribution < -0.4 is 10.6 Å². The van der Waals surface area contributed by atoms with Gasteiger partial charge in [-0.15, -0.1) is 11.3 Å². The maximum Gasteiger partial charge on any atom is 0.224 e. The number of hydrogen-bond acceptors (Lipinski definition) is 6. The van der Waals surface area contributed by atoms with Gasteiger partial charge in [0, 0.05) is 29.4 Å². The van der Waals surface area contributed by atoms with Crippen LogP contribution in [0, 0.1) is 6.92 Å². The number of anilines is 2. The first-order valence-corrected chi connectivity index (χ1v) is 7.74. The van der Waals surface area contributed by atoms with Gasteiger partial charge in [-0.25, -0.2) is 9.97 Å². The van der Waals surface area contributed by atoms with Gasteiger partial charge in [-0.05, 0) is 27.2 Å². The second-order valence-corrected chi connectivity index (χ2v) is 5.79. The minimum Gasteiger partial charge on any atom is -0.361 e. The molecule has 2 heterocycles. The normalized spacial score (nSPS) is 12.2. The largest absolute Gasteiger partial charge is 0.361 e. The third-order valence-corrected chi connectivity index (χ3v) is 4.27. The van der Waals surface area contributed by atoms with Crippen molar-refractivity contribution in [1.29, 1.82) is 0 Å². The Morgan fingerprint density at radius 1 is 1.25 bits per heavy atom. The second kappa shape index (κ2) is 6.65. The van der Waals surface area contributed by atoms with Crippen molar-refractivity contribution in [2.45, 2.75) is 40.2 Å². The molecule has 0 amide bonds. The number of thiazole rings is 1. The summed E-state index contributed by atoms with van der Waals surface area (Å²) in [6.45, 7) is 9.09. The van der Waals surface area contributed by atoms with Gasteiger partial charge in [0.1, 0.15) is 10.8 Å². The van der Waals surface area contributed by atoms with Crippen molar-refractivity contribution in [2.24, 2.45) is 0 Å². The van der Waals surface area contributed by atoms with Crippen LogP contribution in [-0.2, 0) is 6.42 Å².